The van der Waals surface area contributed by atoms with Crippen molar-refractivity contribution >= 4 is 6.03 Å². The summed E-state index contributed by atoms with van der Waals surface area (Å²) in [5.41, 5.74) is 5.39. The Morgan fingerprint density at radius 2 is 2.00 bits per heavy atom. The lowest BCUT2D eigenvalue weighted by Crippen LogP contribution is -2.43. The van der Waals surface area contributed by atoms with Gasteiger partial charge in [0.25, 0.3) is 0 Å². The zero-order valence-corrected chi connectivity index (χ0v) is 8.62. The van der Waals surface area contributed by atoms with E-state index in [-0.39, 0.29) is 6.03 Å². The summed E-state index contributed by atoms with van der Waals surface area (Å²) in [6.45, 7) is 2.17. The second-order valence-corrected chi connectivity index (χ2v) is 2.95. The van der Waals surface area contributed by atoms with Crippen molar-refractivity contribution < 1.29 is 9.53 Å². The summed E-state index contributed by atoms with van der Waals surface area (Å²) in [5, 5.41) is 0. The van der Waals surface area contributed by atoms with Gasteiger partial charge in [0.15, 0.2) is 0 Å². The van der Waals surface area contributed by atoms with Crippen molar-refractivity contribution in [1.82, 2.24) is 9.80 Å². The van der Waals surface area contributed by atoms with Crippen LogP contribution in [0.3, 0.4) is 0 Å². The van der Waals surface area contributed by atoms with Crippen LogP contribution >= 0.6 is 0 Å². The van der Waals surface area contributed by atoms with Crippen molar-refractivity contribution in [3.05, 3.63) is 0 Å². The van der Waals surface area contributed by atoms with Crippen molar-refractivity contribution in [2.75, 3.05) is 47.4 Å². The summed E-state index contributed by atoms with van der Waals surface area (Å²) >= 11 is 0. The number of hydrogen-bond acceptors (Lipinski definition) is 3. The highest BCUT2D eigenvalue weighted by Gasteiger charge is 2.13. The van der Waals surface area contributed by atoms with Gasteiger partial charge < -0.3 is 20.3 Å². The highest BCUT2D eigenvalue weighted by molar-refractivity contribution is 5.73. The normalized spacial score (nSPS) is 9.85. The topological polar surface area (TPSA) is 58.8 Å². The smallest absolute Gasteiger partial charge is 0.319 e. The second-order valence-electron chi connectivity index (χ2n) is 2.95. The molecular weight excluding hydrogens is 170 g/mol. The zero-order chi connectivity index (χ0) is 10.3. The number of amides is 2. The van der Waals surface area contributed by atoms with Crippen LogP contribution in [-0.4, -0.2) is 63.3 Å². The Morgan fingerprint density at radius 3 is 2.38 bits per heavy atom. The molecular formula is C8H19N3O2. The molecule has 0 aliphatic carbocycles. The van der Waals surface area contributed by atoms with Crippen LogP contribution in [0.25, 0.3) is 0 Å². The molecule has 78 valence electrons. The van der Waals surface area contributed by atoms with Gasteiger partial charge >= 0.3 is 6.03 Å². The standard InChI is InChI=1S/C8H19N3O2/c1-10(2)8(12)11(5-4-9)6-7-13-3/h4-7,9H2,1-3H3. The van der Waals surface area contributed by atoms with Crippen molar-refractivity contribution in [3.8, 4) is 0 Å². The van der Waals surface area contributed by atoms with E-state index in [2.05, 4.69) is 0 Å². The van der Waals surface area contributed by atoms with Gasteiger partial charge in [0.1, 0.15) is 0 Å². The molecule has 0 rings (SSSR count). The number of ether oxygens (including phenoxy) is 1. The van der Waals surface area contributed by atoms with Crippen LogP contribution in [0.4, 0.5) is 4.79 Å². The summed E-state index contributed by atoms with van der Waals surface area (Å²) in [6, 6.07) is -0.0255. The number of hydrogen-bond donors (Lipinski definition) is 1. The summed E-state index contributed by atoms with van der Waals surface area (Å²) in [4.78, 5) is 14.7. The summed E-state index contributed by atoms with van der Waals surface area (Å²) < 4.78 is 4.90. The number of methoxy groups -OCH3 is 1. The van der Waals surface area contributed by atoms with E-state index in [0.717, 1.165) is 0 Å². The largest absolute Gasteiger partial charge is 0.383 e. The number of carbonyl (C=O) groups excluding carboxylic acids is 1. The molecule has 0 aliphatic rings. The molecule has 2 N–H and O–H groups in total. The van der Waals surface area contributed by atoms with Gasteiger partial charge in [0, 0.05) is 40.8 Å². The lowest BCUT2D eigenvalue weighted by atomic mass is 10.5. The summed E-state index contributed by atoms with van der Waals surface area (Å²) in [7, 11) is 5.05. The fourth-order valence-electron chi connectivity index (χ4n) is 0.943. The molecule has 5 nitrogen and oxygen atoms in total. The number of urea groups is 1. The SMILES string of the molecule is COCCN(CCN)C(=O)N(C)C. The first kappa shape index (κ1) is 12.2. The fourth-order valence-corrected chi connectivity index (χ4v) is 0.943. The maximum Gasteiger partial charge on any atom is 0.319 e. The molecule has 0 aromatic carbocycles. The lowest BCUT2D eigenvalue weighted by molar-refractivity contribution is 0.137. The number of nitrogens with two attached hydrogens (primary N) is 1. The average molecular weight is 189 g/mol. The molecule has 0 atom stereocenters. The highest BCUT2D eigenvalue weighted by Crippen LogP contribution is 1.93. The maximum atomic E-state index is 11.5. The van der Waals surface area contributed by atoms with Gasteiger partial charge in [0.2, 0.25) is 0 Å². The molecule has 0 aromatic heterocycles. The van der Waals surface area contributed by atoms with Crippen LogP contribution in [0.15, 0.2) is 0 Å². The molecule has 0 saturated carbocycles. The Bertz CT molecular complexity index is 150. The molecule has 0 spiro atoms. The number of carbonyl (C=O) groups is 1. The molecule has 0 radical (unpaired) electrons. The van der Waals surface area contributed by atoms with E-state index in [1.54, 1.807) is 26.1 Å². The molecule has 13 heavy (non-hydrogen) atoms. The number of nitrogens with zero attached hydrogens (tertiary/aromatic N) is 2. The molecule has 0 aromatic rings. The Balaban J connectivity index is 3.99. The van der Waals surface area contributed by atoms with E-state index in [9.17, 15) is 4.79 Å². The van der Waals surface area contributed by atoms with Gasteiger partial charge in [-0.3, -0.25) is 0 Å². The molecule has 0 fully saturated rings. The van der Waals surface area contributed by atoms with E-state index >= 15 is 0 Å². The molecule has 0 aliphatic heterocycles. The molecule has 0 bridgehead atoms. The van der Waals surface area contributed by atoms with Gasteiger partial charge in [-0.05, 0) is 0 Å². The van der Waals surface area contributed by atoms with Crippen molar-refractivity contribution in [2.45, 2.75) is 0 Å². The van der Waals surface area contributed by atoms with Crippen molar-refractivity contribution in [2.24, 2.45) is 5.73 Å². The van der Waals surface area contributed by atoms with Crippen LogP contribution in [0.2, 0.25) is 0 Å². The van der Waals surface area contributed by atoms with Gasteiger partial charge in [-0.1, -0.05) is 0 Å². The Kier molecular flexibility index (Phi) is 6.26. The van der Waals surface area contributed by atoms with E-state index in [1.165, 1.54) is 4.90 Å². The van der Waals surface area contributed by atoms with Crippen LogP contribution in [0, 0.1) is 0 Å². The van der Waals surface area contributed by atoms with Crippen LogP contribution < -0.4 is 5.73 Å². The quantitative estimate of drug-likeness (QED) is 0.638. The molecule has 0 unspecified atom stereocenters. The fraction of sp³-hybridized carbons (Fsp3) is 0.875. The minimum atomic E-state index is -0.0255. The average Bonchev–Trinajstić information content (AvgIpc) is 2.11. The van der Waals surface area contributed by atoms with E-state index in [4.69, 9.17) is 10.5 Å². The first-order valence-electron chi connectivity index (χ1n) is 4.28. The molecule has 5 heteroatoms. The third kappa shape index (κ3) is 4.69. The minimum Gasteiger partial charge on any atom is -0.383 e. The number of rotatable bonds is 5. The molecule has 2 amide bonds. The second kappa shape index (κ2) is 6.68. The Morgan fingerprint density at radius 1 is 1.38 bits per heavy atom. The van der Waals surface area contributed by atoms with Crippen molar-refractivity contribution in [1.29, 1.82) is 0 Å². The van der Waals surface area contributed by atoms with E-state index in [1.807, 2.05) is 0 Å². The first-order chi connectivity index (χ1) is 6.13. The first-order valence-corrected chi connectivity index (χ1v) is 4.28. The molecule has 0 saturated heterocycles. The Hall–Kier alpha value is -0.810. The van der Waals surface area contributed by atoms with Crippen LogP contribution in [-0.2, 0) is 4.74 Å². The lowest BCUT2D eigenvalue weighted by Gasteiger charge is -2.25. The van der Waals surface area contributed by atoms with Crippen molar-refractivity contribution in [3.63, 3.8) is 0 Å². The predicted octanol–water partition coefficient (Wildman–Crippen LogP) is -0.425. The third-order valence-corrected chi connectivity index (χ3v) is 1.62. The van der Waals surface area contributed by atoms with Crippen LogP contribution in [0.1, 0.15) is 0 Å². The van der Waals surface area contributed by atoms with Gasteiger partial charge in [-0.25, -0.2) is 4.79 Å². The van der Waals surface area contributed by atoms with Gasteiger partial charge in [0.05, 0.1) is 6.61 Å². The Labute approximate surface area is 79.4 Å². The predicted molar refractivity (Wildman–Crippen MR) is 51.6 cm³/mol. The van der Waals surface area contributed by atoms with E-state index < -0.39 is 0 Å². The van der Waals surface area contributed by atoms with Gasteiger partial charge in [-0.15, -0.1) is 0 Å². The summed E-state index contributed by atoms with van der Waals surface area (Å²) in [5.74, 6) is 0. The maximum absolute atomic E-state index is 11.5. The zero-order valence-electron chi connectivity index (χ0n) is 8.62. The highest BCUT2D eigenvalue weighted by atomic mass is 16.5. The molecule has 0 heterocycles. The monoisotopic (exact) mass is 189 g/mol. The van der Waals surface area contributed by atoms with Crippen LogP contribution in [0.5, 0.6) is 0 Å². The summed E-state index contributed by atoms with van der Waals surface area (Å²) in [6.07, 6.45) is 0. The minimum absolute atomic E-state index is 0.0255. The van der Waals surface area contributed by atoms with Gasteiger partial charge in [-0.2, -0.15) is 0 Å². The van der Waals surface area contributed by atoms with E-state index in [0.29, 0.717) is 26.2 Å². The third-order valence-electron chi connectivity index (χ3n) is 1.62.